The van der Waals surface area contributed by atoms with Crippen molar-refractivity contribution < 1.29 is 4.58 Å². The van der Waals surface area contributed by atoms with Crippen molar-refractivity contribution in [2.24, 2.45) is 0 Å². The van der Waals surface area contributed by atoms with Gasteiger partial charge in [0.2, 0.25) is 17.4 Å². The van der Waals surface area contributed by atoms with Gasteiger partial charge in [0.1, 0.15) is 0 Å². The molecule has 0 aliphatic carbocycles. The van der Waals surface area contributed by atoms with Crippen LogP contribution in [0.5, 0.6) is 0 Å². The molecule has 2 aromatic carbocycles. The van der Waals surface area contributed by atoms with E-state index in [1.807, 2.05) is 0 Å². The maximum Gasteiger partial charge on any atom is 0.243 e. The van der Waals surface area contributed by atoms with Crippen LogP contribution in [0.4, 0.5) is 11.4 Å². The summed E-state index contributed by atoms with van der Waals surface area (Å²) in [6.45, 7) is 16.9. The van der Waals surface area contributed by atoms with Gasteiger partial charge in [0.25, 0.3) is 0 Å². The SMILES string of the molecule is C#CC#CC#CC#CC#CC#CC#CC#CC#CC#CC#C[N+]1=C(/C=C/C=C/C=C2\N(CCCCCCCCCCCCCC)c3ccc(C)cc3C2(C)C)C(C)(C)c2cc(C)ccc21. The maximum absolute atomic E-state index is 5.00. The highest BCUT2D eigenvalue weighted by Gasteiger charge is 2.44. The van der Waals surface area contributed by atoms with Crippen LogP contribution in [0, 0.1) is 145 Å². The first-order valence-electron chi connectivity index (χ1n) is 22.8. The van der Waals surface area contributed by atoms with Crippen LogP contribution in [-0.4, -0.2) is 16.8 Å². The van der Waals surface area contributed by atoms with Crippen LogP contribution in [0.25, 0.3) is 0 Å². The third-order valence-electron chi connectivity index (χ3n) is 11.3. The number of unbranched alkanes of at least 4 members (excludes halogenated alkanes) is 11. The minimum absolute atomic E-state index is 0.0913. The number of benzene rings is 2. The van der Waals surface area contributed by atoms with Gasteiger partial charge in [0, 0.05) is 106 Å². The second kappa shape index (κ2) is 27.4. The molecule has 0 aromatic heterocycles. The van der Waals surface area contributed by atoms with Crippen molar-refractivity contribution in [2.45, 2.75) is 136 Å². The van der Waals surface area contributed by atoms with Gasteiger partial charge in [-0.2, -0.15) is 0 Å². The first-order chi connectivity index (χ1) is 31.6. The van der Waals surface area contributed by atoms with Crippen LogP contribution >= 0.6 is 0 Å². The fraction of sp³-hybridized carbons (Fsp3) is 0.349. The Bertz CT molecular complexity index is 2900. The molecule has 0 radical (unpaired) electrons. The Balaban J connectivity index is 1.44. The van der Waals surface area contributed by atoms with Crippen LogP contribution < -0.4 is 4.90 Å². The molecule has 4 rings (SSSR count). The molecule has 0 bridgehead atoms. The van der Waals surface area contributed by atoms with Crippen LogP contribution in [-0.2, 0) is 10.8 Å². The highest BCUT2D eigenvalue weighted by Crippen LogP contribution is 2.48. The smallest absolute Gasteiger partial charge is 0.243 e. The molecule has 2 nitrogen and oxygen atoms in total. The van der Waals surface area contributed by atoms with Crippen molar-refractivity contribution in [1.82, 2.24) is 0 Å². The predicted octanol–water partition coefficient (Wildman–Crippen LogP) is 11.8. The number of rotatable bonds is 16. The molecule has 320 valence electrons. The van der Waals surface area contributed by atoms with Gasteiger partial charge >= 0.3 is 0 Å². The van der Waals surface area contributed by atoms with Gasteiger partial charge in [-0.05, 0) is 105 Å². The average molecular weight is 844 g/mol. The molecule has 0 spiro atoms. The molecule has 2 heterocycles. The van der Waals surface area contributed by atoms with Crippen LogP contribution in [0.2, 0.25) is 0 Å². The topological polar surface area (TPSA) is 6.25 Å². The first kappa shape index (κ1) is 49.9. The summed E-state index contributed by atoms with van der Waals surface area (Å²) < 4.78 is 2.05. The average Bonchev–Trinajstić information content (AvgIpc) is 3.62. The number of allylic oxidation sites excluding steroid dienone is 6. The van der Waals surface area contributed by atoms with E-state index in [1.165, 1.54) is 111 Å². The lowest BCUT2D eigenvalue weighted by Crippen LogP contribution is -2.27. The summed E-state index contributed by atoms with van der Waals surface area (Å²) >= 11 is 0. The van der Waals surface area contributed by atoms with Crippen LogP contribution in [0.3, 0.4) is 0 Å². The molecule has 0 atom stereocenters. The van der Waals surface area contributed by atoms with E-state index in [-0.39, 0.29) is 10.8 Å². The quantitative estimate of drug-likeness (QED) is 0.0706. The standard InChI is InChI=1S/C63H59N2/c1-9-11-13-15-17-19-21-23-24-25-26-27-28-29-30-32-34-36-38-43-51-65-59-49-47-55(4)53-57(59)63(7,8)61(65)45-41-39-40-44-60-62(5,6)56-52-54(3)46-48-58(56)64(60)50-42-37-35-33-31-22-20-18-16-14-12-10-2/h1,39-41,44-49,52-53H,10,12,14,16,18,20,22,31,33,35,37,42,50H2,2-8H3/q+1. The van der Waals surface area contributed by atoms with E-state index >= 15 is 0 Å². The van der Waals surface area contributed by atoms with E-state index in [1.54, 1.807) is 0 Å². The largest absolute Gasteiger partial charge is 0.344 e. The van der Waals surface area contributed by atoms with Crippen molar-refractivity contribution in [1.29, 1.82) is 0 Å². The van der Waals surface area contributed by atoms with E-state index in [0.717, 1.165) is 17.9 Å². The second-order valence-corrected chi connectivity index (χ2v) is 17.0. The predicted molar refractivity (Wildman–Crippen MR) is 275 cm³/mol. The molecular weight excluding hydrogens is 785 g/mol. The molecule has 2 aliphatic rings. The van der Waals surface area contributed by atoms with Crippen LogP contribution in [0.1, 0.15) is 134 Å². The zero-order chi connectivity index (χ0) is 46.6. The zero-order valence-corrected chi connectivity index (χ0v) is 39.5. The lowest BCUT2D eigenvalue weighted by atomic mass is 9.81. The fourth-order valence-corrected chi connectivity index (χ4v) is 7.95. The summed E-state index contributed by atoms with van der Waals surface area (Å²) in [6, 6.07) is 16.8. The van der Waals surface area contributed by atoms with Gasteiger partial charge in [-0.1, -0.05) is 139 Å². The Hall–Kier alpha value is -7.71. The normalized spacial score (nSPS) is 13.4. The molecule has 2 heteroatoms. The van der Waals surface area contributed by atoms with Crippen molar-refractivity contribution >= 4 is 17.1 Å². The second-order valence-electron chi connectivity index (χ2n) is 17.0. The molecule has 2 aliphatic heterocycles. The number of anilines is 1. The summed E-state index contributed by atoms with van der Waals surface area (Å²) in [5.41, 5.74) is 9.64. The van der Waals surface area contributed by atoms with E-state index in [2.05, 4.69) is 249 Å². The molecule has 0 saturated carbocycles. The van der Waals surface area contributed by atoms with Crippen LogP contribution in [0.15, 0.2) is 72.5 Å². The Labute approximate surface area is 393 Å². The van der Waals surface area contributed by atoms with Gasteiger partial charge in [-0.15, -0.1) is 11.0 Å². The maximum atomic E-state index is 5.00. The lowest BCUT2D eigenvalue weighted by molar-refractivity contribution is -0.332. The number of terminal acetylenes is 1. The highest BCUT2D eigenvalue weighted by molar-refractivity contribution is 6.03. The minimum atomic E-state index is -0.264. The Morgan fingerprint density at radius 1 is 0.523 bits per heavy atom. The molecule has 0 unspecified atom stereocenters. The number of nitrogens with zero attached hydrogens (tertiary/aromatic N) is 2. The van der Waals surface area contributed by atoms with Gasteiger partial charge in [-0.3, -0.25) is 0 Å². The van der Waals surface area contributed by atoms with E-state index in [4.69, 9.17) is 6.42 Å². The number of aryl methyl sites for hydroxylation is 2. The Morgan fingerprint density at radius 3 is 1.51 bits per heavy atom. The molecule has 0 N–H and O–H groups in total. The third kappa shape index (κ3) is 15.9. The van der Waals surface area contributed by atoms with Gasteiger partial charge < -0.3 is 4.90 Å². The highest BCUT2D eigenvalue weighted by atomic mass is 15.2. The Morgan fingerprint density at radius 2 is 0.985 bits per heavy atom. The Kier molecular flexibility index (Phi) is 21.0. The third-order valence-corrected chi connectivity index (χ3v) is 11.3. The van der Waals surface area contributed by atoms with E-state index < -0.39 is 0 Å². The molecule has 0 amide bonds. The summed E-state index contributed by atoms with van der Waals surface area (Å²) in [6.07, 6.45) is 32.2. The van der Waals surface area contributed by atoms with E-state index in [9.17, 15) is 0 Å². The molecule has 0 fully saturated rings. The van der Waals surface area contributed by atoms with Crippen molar-refractivity contribution in [3.05, 3.63) is 94.7 Å². The number of fused-ring (bicyclic) bond motifs is 2. The number of hydrogen-bond acceptors (Lipinski definition) is 1. The van der Waals surface area contributed by atoms with Crippen molar-refractivity contribution in [3.63, 3.8) is 0 Å². The van der Waals surface area contributed by atoms with Gasteiger partial charge in [0.05, 0.1) is 11.3 Å². The van der Waals surface area contributed by atoms with Gasteiger partial charge in [-0.25, -0.2) is 0 Å². The zero-order valence-electron chi connectivity index (χ0n) is 39.5. The van der Waals surface area contributed by atoms with Crippen molar-refractivity contribution in [2.75, 3.05) is 11.4 Å². The molecular formula is C63H59N2+. The monoisotopic (exact) mass is 843 g/mol. The minimum Gasteiger partial charge on any atom is -0.344 e. The summed E-state index contributed by atoms with van der Waals surface area (Å²) in [5, 5.41) is 0. The fourth-order valence-electron chi connectivity index (χ4n) is 7.95. The molecule has 2 aromatic rings. The van der Waals surface area contributed by atoms with Gasteiger partial charge in [0.15, 0.2) is 0 Å². The summed E-state index contributed by atoms with van der Waals surface area (Å²) in [4.78, 5) is 2.57. The van der Waals surface area contributed by atoms with Crippen molar-refractivity contribution in [3.8, 4) is 131 Å². The summed E-state index contributed by atoms with van der Waals surface area (Å²) in [5.74, 6) is 51.8. The number of hydrogen-bond donors (Lipinski definition) is 0. The molecule has 65 heavy (non-hydrogen) atoms. The lowest BCUT2D eigenvalue weighted by Gasteiger charge is -2.27. The molecule has 0 saturated heterocycles. The summed E-state index contributed by atoms with van der Waals surface area (Å²) in [7, 11) is 0. The first-order valence-corrected chi connectivity index (χ1v) is 22.8. The van der Waals surface area contributed by atoms with E-state index in [0.29, 0.717) is 0 Å².